The van der Waals surface area contributed by atoms with Crippen molar-refractivity contribution in [3.63, 3.8) is 0 Å². The molecule has 1 aromatic carbocycles. The minimum Gasteiger partial charge on any atom is -0.508 e. The minimum absolute atomic E-state index is 0.0593. The summed E-state index contributed by atoms with van der Waals surface area (Å²) in [5.74, 6) is 0.665. The Morgan fingerprint density at radius 3 is 3.04 bits per heavy atom. The average molecular weight is 345 g/mol. The number of hydrogen-bond donors (Lipinski definition) is 2. The predicted octanol–water partition coefficient (Wildman–Crippen LogP) is 2.73. The smallest absolute Gasteiger partial charge is 0.312 e. The van der Waals surface area contributed by atoms with E-state index in [-0.39, 0.29) is 17.8 Å². The normalized spacial score (nSPS) is 17.1. The molecular weight excluding hydrogens is 329 g/mol. The summed E-state index contributed by atoms with van der Waals surface area (Å²) in [7, 11) is 1.47. The average Bonchev–Trinajstić information content (AvgIpc) is 3.25. The Kier molecular flexibility index (Phi) is 3.85. The number of benzene rings is 1. The molecule has 9 heteroatoms. The number of phenols is 1. The highest BCUT2D eigenvalue weighted by atomic mass is 19.1. The van der Waals surface area contributed by atoms with E-state index >= 15 is 0 Å². The first kappa shape index (κ1) is 15.6. The number of aromatic nitrogens is 4. The number of aromatic hydroxyl groups is 1. The molecule has 1 saturated heterocycles. The van der Waals surface area contributed by atoms with Crippen LogP contribution >= 0.6 is 0 Å². The summed E-state index contributed by atoms with van der Waals surface area (Å²) in [5, 5.41) is 12.5. The molecule has 4 rings (SSSR count). The Balaban J connectivity index is 1.77. The van der Waals surface area contributed by atoms with Gasteiger partial charge in [0.25, 0.3) is 0 Å². The standard InChI is InChI=1S/C16H16FN5O3/c1-24-11-7-9(23)4-5-10(11)19-14-13-15(21-16(17)20-14)22(8-18-13)12-3-2-6-25-12/h4-5,7-8,12,23H,2-3,6H2,1H3,(H,19,20,21). The van der Waals surface area contributed by atoms with E-state index in [9.17, 15) is 9.50 Å². The van der Waals surface area contributed by atoms with E-state index < -0.39 is 6.08 Å². The molecule has 0 aliphatic carbocycles. The molecule has 8 nitrogen and oxygen atoms in total. The Morgan fingerprint density at radius 1 is 1.40 bits per heavy atom. The lowest BCUT2D eigenvalue weighted by Crippen LogP contribution is -2.08. The first-order valence-corrected chi connectivity index (χ1v) is 7.81. The van der Waals surface area contributed by atoms with Gasteiger partial charge in [-0.1, -0.05) is 0 Å². The number of methoxy groups -OCH3 is 1. The fraction of sp³-hybridized carbons (Fsp3) is 0.312. The molecule has 3 aromatic rings. The summed E-state index contributed by atoms with van der Waals surface area (Å²) in [5.41, 5.74) is 1.30. The molecule has 2 aromatic heterocycles. The maximum Gasteiger partial charge on any atom is 0.312 e. The molecule has 1 fully saturated rings. The number of imidazole rings is 1. The number of nitrogens with one attached hydrogen (secondary N) is 1. The van der Waals surface area contributed by atoms with E-state index in [0.29, 0.717) is 29.2 Å². The number of fused-ring (bicyclic) bond motifs is 1. The molecular formula is C16H16FN5O3. The summed E-state index contributed by atoms with van der Waals surface area (Å²) < 4.78 is 26.5. The van der Waals surface area contributed by atoms with Gasteiger partial charge >= 0.3 is 6.08 Å². The van der Waals surface area contributed by atoms with E-state index in [1.165, 1.54) is 19.2 Å². The van der Waals surface area contributed by atoms with Gasteiger partial charge in [-0.2, -0.15) is 14.4 Å². The van der Waals surface area contributed by atoms with Gasteiger partial charge in [0.15, 0.2) is 17.0 Å². The van der Waals surface area contributed by atoms with Crippen LogP contribution in [0.5, 0.6) is 11.5 Å². The van der Waals surface area contributed by atoms with E-state index in [1.54, 1.807) is 17.0 Å². The molecule has 0 bridgehead atoms. The maximum absolute atomic E-state index is 14.0. The molecule has 0 amide bonds. The van der Waals surface area contributed by atoms with Crippen molar-refractivity contribution in [2.75, 3.05) is 19.0 Å². The van der Waals surface area contributed by atoms with Gasteiger partial charge < -0.3 is 19.9 Å². The van der Waals surface area contributed by atoms with Crippen molar-refractivity contribution >= 4 is 22.7 Å². The molecule has 1 unspecified atom stereocenters. The van der Waals surface area contributed by atoms with E-state index in [4.69, 9.17) is 9.47 Å². The molecule has 0 spiro atoms. The third-order valence-electron chi connectivity index (χ3n) is 4.05. The van der Waals surface area contributed by atoms with Crippen LogP contribution in [0.1, 0.15) is 19.1 Å². The van der Waals surface area contributed by atoms with Crippen molar-refractivity contribution in [2.24, 2.45) is 0 Å². The second-order valence-corrected chi connectivity index (χ2v) is 5.64. The summed E-state index contributed by atoms with van der Waals surface area (Å²) in [6, 6.07) is 4.55. The second kappa shape index (κ2) is 6.17. The molecule has 1 aliphatic heterocycles. The zero-order chi connectivity index (χ0) is 17.4. The third kappa shape index (κ3) is 2.82. The van der Waals surface area contributed by atoms with Crippen LogP contribution in [0.3, 0.4) is 0 Å². The molecule has 3 heterocycles. The lowest BCUT2D eigenvalue weighted by atomic mass is 10.2. The zero-order valence-corrected chi connectivity index (χ0v) is 13.4. The van der Waals surface area contributed by atoms with Crippen LogP contribution in [0.2, 0.25) is 0 Å². The lowest BCUT2D eigenvalue weighted by Gasteiger charge is -2.13. The summed E-state index contributed by atoms with van der Waals surface area (Å²) >= 11 is 0. The zero-order valence-electron chi connectivity index (χ0n) is 13.4. The first-order chi connectivity index (χ1) is 12.2. The van der Waals surface area contributed by atoms with Crippen molar-refractivity contribution in [1.29, 1.82) is 0 Å². The van der Waals surface area contributed by atoms with Gasteiger partial charge in [-0.15, -0.1) is 0 Å². The van der Waals surface area contributed by atoms with Crippen LogP contribution in [0.4, 0.5) is 15.9 Å². The van der Waals surface area contributed by atoms with Gasteiger partial charge in [-0.3, -0.25) is 4.57 Å². The summed E-state index contributed by atoms with van der Waals surface area (Å²) in [6.45, 7) is 0.660. The van der Waals surface area contributed by atoms with Crippen LogP contribution in [-0.4, -0.2) is 38.3 Å². The number of nitrogens with zero attached hydrogens (tertiary/aromatic N) is 4. The monoisotopic (exact) mass is 345 g/mol. The fourth-order valence-electron chi connectivity index (χ4n) is 2.88. The van der Waals surface area contributed by atoms with Crippen molar-refractivity contribution < 1.29 is 19.0 Å². The lowest BCUT2D eigenvalue weighted by molar-refractivity contribution is 0.0592. The highest BCUT2D eigenvalue weighted by molar-refractivity contribution is 5.86. The van der Waals surface area contributed by atoms with Crippen LogP contribution in [-0.2, 0) is 4.74 Å². The van der Waals surface area contributed by atoms with E-state index in [2.05, 4.69) is 20.3 Å². The van der Waals surface area contributed by atoms with Gasteiger partial charge in [0, 0.05) is 12.7 Å². The SMILES string of the molecule is COc1cc(O)ccc1Nc1nc(F)nc2c1ncn2C1CCCO1. The number of ether oxygens (including phenoxy) is 2. The second-order valence-electron chi connectivity index (χ2n) is 5.64. The first-order valence-electron chi connectivity index (χ1n) is 7.81. The predicted molar refractivity (Wildman–Crippen MR) is 87.4 cm³/mol. The van der Waals surface area contributed by atoms with Gasteiger partial charge in [-0.05, 0) is 25.0 Å². The highest BCUT2D eigenvalue weighted by Crippen LogP contribution is 2.33. The largest absolute Gasteiger partial charge is 0.508 e. The summed E-state index contributed by atoms with van der Waals surface area (Å²) in [6.07, 6.45) is 2.27. The summed E-state index contributed by atoms with van der Waals surface area (Å²) in [4.78, 5) is 12.0. The molecule has 1 aliphatic rings. The van der Waals surface area contributed by atoms with E-state index in [0.717, 1.165) is 12.8 Å². The van der Waals surface area contributed by atoms with Crippen molar-refractivity contribution in [3.8, 4) is 11.5 Å². The van der Waals surface area contributed by atoms with Crippen LogP contribution in [0.25, 0.3) is 11.2 Å². The van der Waals surface area contributed by atoms with Crippen LogP contribution in [0, 0.1) is 6.08 Å². The fourth-order valence-corrected chi connectivity index (χ4v) is 2.88. The molecule has 25 heavy (non-hydrogen) atoms. The molecule has 2 N–H and O–H groups in total. The maximum atomic E-state index is 14.0. The Bertz CT molecular complexity index is 924. The van der Waals surface area contributed by atoms with Gasteiger partial charge in [-0.25, -0.2) is 4.98 Å². The number of rotatable bonds is 4. The highest BCUT2D eigenvalue weighted by Gasteiger charge is 2.22. The Labute approximate surface area is 142 Å². The minimum atomic E-state index is -0.868. The van der Waals surface area contributed by atoms with Crippen molar-refractivity contribution in [1.82, 2.24) is 19.5 Å². The van der Waals surface area contributed by atoms with Crippen LogP contribution in [0.15, 0.2) is 24.5 Å². The molecule has 0 saturated carbocycles. The van der Waals surface area contributed by atoms with Crippen molar-refractivity contribution in [2.45, 2.75) is 19.1 Å². The molecule has 0 radical (unpaired) electrons. The van der Waals surface area contributed by atoms with Gasteiger partial charge in [0.2, 0.25) is 0 Å². The number of hydrogen-bond acceptors (Lipinski definition) is 7. The number of phenolic OH excluding ortho intramolecular Hbond substituents is 1. The number of halogens is 1. The number of anilines is 2. The quantitative estimate of drug-likeness (QED) is 0.554. The third-order valence-corrected chi connectivity index (χ3v) is 4.05. The Hall–Kier alpha value is -2.94. The van der Waals surface area contributed by atoms with Gasteiger partial charge in [0.1, 0.15) is 17.7 Å². The topological polar surface area (TPSA) is 94.3 Å². The Morgan fingerprint density at radius 2 is 2.28 bits per heavy atom. The van der Waals surface area contributed by atoms with Gasteiger partial charge in [0.05, 0.1) is 19.1 Å². The molecule has 1 atom stereocenters. The molecule has 130 valence electrons. The van der Waals surface area contributed by atoms with E-state index in [1.807, 2.05) is 0 Å². The van der Waals surface area contributed by atoms with Crippen LogP contribution < -0.4 is 10.1 Å². The van der Waals surface area contributed by atoms with Crippen molar-refractivity contribution in [3.05, 3.63) is 30.6 Å².